The fourth-order valence-corrected chi connectivity index (χ4v) is 5.88. The number of imidazole rings is 1. The summed E-state index contributed by atoms with van der Waals surface area (Å²) >= 11 is 0. The van der Waals surface area contributed by atoms with Crippen LogP contribution in [0, 0.1) is 24.6 Å². The van der Waals surface area contributed by atoms with Crippen LogP contribution in [-0.2, 0) is 18.0 Å². The van der Waals surface area contributed by atoms with Gasteiger partial charge in [-0.1, -0.05) is 37.3 Å². The number of fused-ring (bicyclic) bond motifs is 1. The van der Waals surface area contributed by atoms with Gasteiger partial charge in [-0.15, -0.1) is 0 Å². The maximum Gasteiger partial charge on any atom is 0.416 e. The minimum absolute atomic E-state index is 0.0591. The summed E-state index contributed by atoms with van der Waals surface area (Å²) in [6.07, 6.45) is -3.28. The van der Waals surface area contributed by atoms with Crippen LogP contribution in [0.3, 0.4) is 0 Å². The highest BCUT2D eigenvalue weighted by atomic mass is 19.4. The average Bonchev–Trinajstić information content (AvgIpc) is 3.21. The number of rotatable bonds is 5. The molecule has 4 aromatic rings. The normalized spacial score (nSPS) is 21.5. The first-order chi connectivity index (χ1) is 19.0. The van der Waals surface area contributed by atoms with Crippen LogP contribution in [0.1, 0.15) is 42.6 Å². The summed E-state index contributed by atoms with van der Waals surface area (Å²) in [5, 5.41) is 5.82. The zero-order valence-electron chi connectivity index (χ0n) is 22.8. The second kappa shape index (κ2) is 10.7. The first-order valence-corrected chi connectivity index (χ1v) is 13.3. The molecule has 0 radical (unpaired) electrons. The number of alkyl halides is 3. The Hall–Kier alpha value is -3.72. The Morgan fingerprint density at radius 3 is 2.35 bits per heavy atom. The van der Waals surface area contributed by atoms with Gasteiger partial charge in [0, 0.05) is 19.0 Å². The Morgan fingerprint density at radius 1 is 1.00 bits per heavy atom. The molecule has 210 valence electrons. The number of carbonyl (C=O) groups is 1. The van der Waals surface area contributed by atoms with Crippen LogP contribution in [-0.4, -0.2) is 28.5 Å². The van der Waals surface area contributed by atoms with Gasteiger partial charge in [-0.3, -0.25) is 4.79 Å². The van der Waals surface area contributed by atoms with Crippen molar-refractivity contribution in [1.29, 1.82) is 0 Å². The fraction of sp³-hybridized carbons (Fsp3) is 0.355. The van der Waals surface area contributed by atoms with Gasteiger partial charge in [0.05, 0.1) is 22.3 Å². The van der Waals surface area contributed by atoms with Crippen LogP contribution in [0.4, 0.5) is 23.2 Å². The summed E-state index contributed by atoms with van der Waals surface area (Å²) in [6.45, 7) is 3.99. The molecule has 1 aromatic heterocycles. The monoisotopic (exact) mass is 552 g/mol. The minimum atomic E-state index is -4.66. The van der Waals surface area contributed by atoms with E-state index in [4.69, 9.17) is 0 Å². The lowest BCUT2D eigenvalue weighted by atomic mass is 9.68. The first-order valence-electron chi connectivity index (χ1n) is 13.3. The molecule has 1 aliphatic rings. The third-order valence-electron chi connectivity index (χ3n) is 8.42. The van der Waals surface area contributed by atoms with Gasteiger partial charge in [0.25, 0.3) is 0 Å². The maximum atomic E-state index is 14.4. The molecule has 4 atom stereocenters. The highest BCUT2D eigenvalue weighted by Crippen LogP contribution is 2.42. The molecule has 1 amide bonds. The number of carbonyl (C=O) groups excluding carboxylic acids is 1. The number of hydrogen-bond acceptors (Lipinski definition) is 3. The third kappa shape index (κ3) is 5.35. The smallest absolute Gasteiger partial charge is 0.331 e. The molecule has 1 saturated carbocycles. The Labute approximate surface area is 230 Å². The lowest BCUT2D eigenvalue weighted by molar-refractivity contribution is -0.137. The number of hydrogen-bond donors (Lipinski definition) is 2. The van der Waals surface area contributed by atoms with Crippen molar-refractivity contribution in [3.05, 3.63) is 83.4 Å². The lowest BCUT2D eigenvalue weighted by Gasteiger charge is -2.40. The van der Waals surface area contributed by atoms with Crippen molar-refractivity contribution in [1.82, 2.24) is 14.9 Å². The molecule has 1 aliphatic carbocycles. The molecule has 0 saturated heterocycles. The Morgan fingerprint density at radius 2 is 1.70 bits per heavy atom. The van der Waals surface area contributed by atoms with E-state index in [9.17, 15) is 22.4 Å². The zero-order valence-corrected chi connectivity index (χ0v) is 22.8. The van der Waals surface area contributed by atoms with E-state index < -0.39 is 29.4 Å². The zero-order chi connectivity index (χ0) is 28.8. The standard InChI is InChI=1S/C31H32F4N4O/c1-17-24(20-7-5-19(6-8-20)21-9-12-29-28(13-21)37-18(2)39(29)4)15-23(36-3)16-25(17)30(40)38-27-11-10-22(14-26(27)32)31(33,34)35/h5-14,17,23-25,36H,15-16H2,1-4H3,(H,38,40)/t17-,23?,24?,25?/m1/s1. The van der Waals surface area contributed by atoms with Crippen LogP contribution >= 0.6 is 0 Å². The molecule has 0 spiro atoms. The number of aryl methyl sites for hydroxylation is 2. The van der Waals surface area contributed by atoms with Gasteiger partial charge in [-0.25, -0.2) is 9.37 Å². The second-order valence-corrected chi connectivity index (χ2v) is 10.8. The molecule has 5 rings (SSSR count). The number of anilines is 1. The molecule has 5 nitrogen and oxygen atoms in total. The van der Waals surface area contributed by atoms with E-state index in [0.717, 1.165) is 52.1 Å². The van der Waals surface area contributed by atoms with Crippen LogP contribution in [0.5, 0.6) is 0 Å². The predicted octanol–water partition coefficient (Wildman–Crippen LogP) is 7.06. The molecule has 1 heterocycles. The molecule has 1 fully saturated rings. The van der Waals surface area contributed by atoms with Gasteiger partial charge < -0.3 is 15.2 Å². The van der Waals surface area contributed by atoms with Crippen molar-refractivity contribution in [2.45, 2.75) is 44.8 Å². The van der Waals surface area contributed by atoms with Crippen LogP contribution in [0.25, 0.3) is 22.2 Å². The summed E-state index contributed by atoms with van der Waals surface area (Å²) < 4.78 is 55.3. The summed E-state index contributed by atoms with van der Waals surface area (Å²) in [7, 11) is 3.84. The average molecular weight is 553 g/mol. The number of nitrogens with one attached hydrogen (secondary N) is 2. The van der Waals surface area contributed by atoms with Gasteiger partial charge in [0.15, 0.2) is 0 Å². The molecular formula is C31H32F4N4O. The lowest BCUT2D eigenvalue weighted by Crippen LogP contribution is -2.43. The van der Waals surface area contributed by atoms with Gasteiger partial charge >= 0.3 is 6.18 Å². The van der Waals surface area contributed by atoms with Crippen molar-refractivity contribution >= 4 is 22.6 Å². The van der Waals surface area contributed by atoms with Crippen molar-refractivity contribution in [3.63, 3.8) is 0 Å². The van der Waals surface area contributed by atoms with Gasteiger partial charge in [-0.05, 0) is 85.7 Å². The minimum Gasteiger partial charge on any atom is -0.331 e. The first kappa shape index (κ1) is 27.8. The SMILES string of the molecule is CNC1CC(C(=O)Nc2ccc(C(F)(F)F)cc2F)[C@H](C)C(c2ccc(-c3ccc4c(c3)nc(C)n4C)cc2)C1. The van der Waals surface area contributed by atoms with Crippen LogP contribution in [0.15, 0.2) is 60.7 Å². The van der Waals surface area contributed by atoms with E-state index in [-0.39, 0.29) is 23.6 Å². The number of amides is 1. The van der Waals surface area contributed by atoms with Gasteiger partial charge in [0.2, 0.25) is 5.91 Å². The van der Waals surface area contributed by atoms with E-state index in [0.29, 0.717) is 12.5 Å². The van der Waals surface area contributed by atoms with E-state index in [1.165, 1.54) is 0 Å². The summed E-state index contributed by atoms with van der Waals surface area (Å²) in [5.74, 6) is -1.01. The number of halogens is 4. The molecule has 9 heteroatoms. The summed E-state index contributed by atoms with van der Waals surface area (Å²) in [4.78, 5) is 17.9. The molecular weight excluding hydrogens is 520 g/mol. The molecule has 2 N–H and O–H groups in total. The van der Waals surface area contributed by atoms with Crippen LogP contribution < -0.4 is 10.6 Å². The van der Waals surface area contributed by atoms with E-state index in [1.807, 2.05) is 27.9 Å². The Balaban J connectivity index is 1.35. The highest BCUT2D eigenvalue weighted by molar-refractivity contribution is 5.93. The largest absolute Gasteiger partial charge is 0.416 e. The fourth-order valence-electron chi connectivity index (χ4n) is 5.88. The third-order valence-corrected chi connectivity index (χ3v) is 8.42. The van der Waals surface area contributed by atoms with E-state index >= 15 is 0 Å². The van der Waals surface area contributed by atoms with Crippen molar-refractivity contribution in [2.75, 3.05) is 12.4 Å². The molecule has 3 aromatic carbocycles. The second-order valence-electron chi connectivity index (χ2n) is 10.8. The highest BCUT2D eigenvalue weighted by Gasteiger charge is 2.39. The molecule has 40 heavy (non-hydrogen) atoms. The predicted molar refractivity (Wildman–Crippen MR) is 148 cm³/mol. The molecule has 3 unspecified atom stereocenters. The van der Waals surface area contributed by atoms with Crippen molar-refractivity contribution in [2.24, 2.45) is 18.9 Å². The number of nitrogens with zero attached hydrogens (tertiary/aromatic N) is 2. The topological polar surface area (TPSA) is 59.0 Å². The maximum absolute atomic E-state index is 14.4. The number of benzene rings is 3. The van der Waals surface area contributed by atoms with Gasteiger partial charge in [0.1, 0.15) is 11.6 Å². The van der Waals surface area contributed by atoms with Crippen molar-refractivity contribution in [3.8, 4) is 11.1 Å². The van der Waals surface area contributed by atoms with E-state index in [2.05, 4.69) is 62.6 Å². The summed E-state index contributed by atoms with van der Waals surface area (Å²) in [5.41, 5.74) is 3.91. The molecule has 0 aliphatic heterocycles. The summed E-state index contributed by atoms with van der Waals surface area (Å²) in [6, 6.07) is 16.8. The molecule has 0 bridgehead atoms. The van der Waals surface area contributed by atoms with Crippen molar-refractivity contribution < 1.29 is 22.4 Å². The number of aromatic nitrogens is 2. The van der Waals surface area contributed by atoms with Crippen LogP contribution in [0.2, 0.25) is 0 Å². The van der Waals surface area contributed by atoms with E-state index in [1.54, 1.807) is 0 Å². The Kier molecular flexibility index (Phi) is 7.44. The van der Waals surface area contributed by atoms with Gasteiger partial charge in [-0.2, -0.15) is 13.2 Å². The quantitative estimate of drug-likeness (QED) is 0.261. The Bertz CT molecular complexity index is 1540.